The Labute approximate surface area is 94.0 Å². The van der Waals surface area contributed by atoms with Gasteiger partial charge in [0.05, 0.1) is 12.2 Å². The van der Waals surface area contributed by atoms with Crippen LogP contribution >= 0.6 is 0 Å². The fourth-order valence-electron chi connectivity index (χ4n) is 2.97. The maximum atomic E-state index is 6.03. The van der Waals surface area contributed by atoms with E-state index in [2.05, 4.69) is 25.7 Å². The molecule has 0 saturated carbocycles. The van der Waals surface area contributed by atoms with Crippen LogP contribution in [-0.2, 0) is 4.74 Å². The van der Waals surface area contributed by atoms with Gasteiger partial charge in [0.2, 0.25) is 0 Å². The maximum absolute atomic E-state index is 6.03. The van der Waals surface area contributed by atoms with Crippen LogP contribution in [0.25, 0.3) is 0 Å². The summed E-state index contributed by atoms with van der Waals surface area (Å²) in [4.78, 5) is 2.68. The molecule has 0 aromatic rings. The Morgan fingerprint density at radius 1 is 1.07 bits per heavy atom. The van der Waals surface area contributed by atoms with E-state index in [9.17, 15) is 0 Å². The highest BCUT2D eigenvalue weighted by molar-refractivity contribution is 4.98. The van der Waals surface area contributed by atoms with Crippen LogP contribution in [0.1, 0.15) is 52.9 Å². The summed E-state index contributed by atoms with van der Waals surface area (Å²) in [6.45, 7) is 10.0. The number of ether oxygens (including phenoxy) is 1. The molecule has 0 radical (unpaired) electrons. The molecule has 0 N–H and O–H groups in total. The first-order valence-electron chi connectivity index (χ1n) is 6.41. The van der Waals surface area contributed by atoms with Gasteiger partial charge in [-0.2, -0.15) is 0 Å². The first-order chi connectivity index (χ1) is 7.02. The minimum atomic E-state index is 0.0143. The summed E-state index contributed by atoms with van der Waals surface area (Å²) in [5, 5.41) is 0. The lowest BCUT2D eigenvalue weighted by atomic mass is 9.87. The van der Waals surface area contributed by atoms with Crippen molar-refractivity contribution in [2.75, 3.05) is 19.7 Å². The highest BCUT2D eigenvalue weighted by Crippen LogP contribution is 2.38. The molecule has 2 rings (SSSR count). The van der Waals surface area contributed by atoms with Crippen molar-refractivity contribution in [3.05, 3.63) is 0 Å². The van der Waals surface area contributed by atoms with Crippen molar-refractivity contribution in [2.45, 2.75) is 64.0 Å². The van der Waals surface area contributed by atoms with Crippen LogP contribution in [0, 0.1) is 0 Å². The van der Waals surface area contributed by atoms with Gasteiger partial charge < -0.3 is 4.74 Å². The van der Waals surface area contributed by atoms with E-state index in [-0.39, 0.29) is 5.60 Å². The highest BCUT2D eigenvalue weighted by Gasteiger charge is 2.42. The summed E-state index contributed by atoms with van der Waals surface area (Å²) in [7, 11) is 0. The van der Waals surface area contributed by atoms with Gasteiger partial charge in [-0.15, -0.1) is 0 Å². The Morgan fingerprint density at radius 2 is 1.73 bits per heavy atom. The summed E-state index contributed by atoms with van der Waals surface area (Å²) in [5.74, 6) is 0. The summed E-state index contributed by atoms with van der Waals surface area (Å²) in [6.07, 6.45) is 6.85. The lowest BCUT2D eigenvalue weighted by Gasteiger charge is -2.43. The molecule has 2 heterocycles. The number of nitrogens with zero attached hydrogens (tertiary/aromatic N) is 1. The number of piperidine rings is 1. The number of hydrogen-bond donors (Lipinski definition) is 0. The molecule has 2 aliphatic heterocycles. The predicted octanol–water partition coefficient (Wildman–Crippen LogP) is 2.82. The molecule has 0 aliphatic carbocycles. The Morgan fingerprint density at radius 3 is 2.47 bits per heavy atom. The zero-order valence-electron chi connectivity index (χ0n) is 10.5. The van der Waals surface area contributed by atoms with Crippen LogP contribution in [0.15, 0.2) is 0 Å². The van der Waals surface area contributed by atoms with Crippen molar-refractivity contribution in [1.82, 2.24) is 4.90 Å². The molecule has 1 unspecified atom stereocenters. The van der Waals surface area contributed by atoms with Crippen LogP contribution in [0.2, 0.25) is 0 Å². The fourth-order valence-corrected chi connectivity index (χ4v) is 2.97. The van der Waals surface area contributed by atoms with Crippen LogP contribution in [0.3, 0.4) is 0 Å². The van der Waals surface area contributed by atoms with Crippen LogP contribution in [0.4, 0.5) is 0 Å². The Hall–Kier alpha value is -0.0800. The number of fused-ring (bicyclic) bond motifs is 1. The molecule has 88 valence electrons. The van der Waals surface area contributed by atoms with Crippen molar-refractivity contribution in [3.8, 4) is 0 Å². The van der Waals surface area contributed by atoms with E-state index in [1.807, 2.05) is 0 Å². The number of hydrogen-bond acceptors (Lipinski definition) is 2. The van der Waals surface area contributed by atoms with Gasteiger partial charge in [-0.3, -0.25) is 4.90 Å². The second kappa shape index (κ2) is 4.06. The fraction of sp³-hybridized carbons (Fsp3) is 1.00. The molecule has 0 bridgehead atoms. The maximum Gasteiger partial charge on any atom is 0.0657 e. The molecule has 0 aromatic carbocycles. The van der Waals surface area contributed by atoms with Crippen LogP contribution < -0.4 is 0 Å². The Balaban J connectivity index is 1.97. The molecule has 2 nitrogen and oxygen atoms in total. The van der Waals surface area contributed by atoms with Gasteiger partial charge in [-0.25, -0.2) is 0 Å². The quantitative estimate of drug-likeness (QED) is 0.696. The van der Waals surface area contributed by atoms with Crippen molar-refractivity contribution < 1.29 is 4.74 Å². The van der Waals surface area contributed by atoms with E-state index < -0.39 is 0 Å². The van der Waals surface area contributed by atoms with Gasteiger partial charge in [0.15, 0.2) is 0 Å². The van der Waals surface area contributed by atoms with Crippen molar-refractivity contribution in [1.29, 1.82) is 0 Å². The molecule has 0 spiro atoms. The summed E-state index contributed by atoms with van der Waals surface area (Å²) in [6, 6.07) is 0. The third-order valence-corrected chi connectivity index (χ3v) is 3.84. The van der Waals surface area contributed by atoms with E-state index in [4.69, 9.17) is 4.74 Å². The van der Waals surface area contributed by atoms with Gasteiger partial charge in [0, 0.05) is 5.54 Å². The topological polar surface area (TPSA) is 12.5 Å². The molecule has 0 amide bonds. The zero-order valence-corrected chi connectivity index (χ0v) is 10.5. The van der Waals surface area contributed by atoms with Crippen LogP contribution in [-0.4, -0.2) is 35.7 Å². The van der Waals surface area contributed by atoms with Gasteiger partial charge in [0.1, 0.15) is 0 Å². The average Bonchev–Trinajstić information content (AvgIpc) is 2.57. The largest absolute Gasteiger partial charge is 0.374 e. The summed E-state index contributed by atoms with van der Waals surface area (Å²) < 4.78 is 6.03. The molecule has 2 aliphatic rings. The van der Waals surface area contributed by atoms with E-state index in [0.29, 0.717) is 5.54 Å². The smallest absolute Gasteiger partial charge is 0.0657 e. The SMILES string of the molecule is CC(C)(C)OCC12CCCCN1CCC2. The first-order valence-corrected chi connectivity index (χ1v) is 6.41. The second-order valence-electron chi connectivity index (χ2n) is 6.17. The van der Waals surface area contributed by atoms with E-state index >= 15 is 0 Å². The van der Waals surface area contributed by atoms with Crippen molar-refractivity contribution in [3.63, 3.8) is 0 Å². The summed E-state index contributed by atoms with van der Waals surface area (Å²) in [5.41, 5.74) is 0.423. The third kappa shape index (κ3) is 2.54. The minimum absolute atomic E-state index is 0.0143. The minimum Gasteiger partial charge on any atom is -0.374 e. The molecule has 2 fully saturated rings. The normalized spacial score (nSPS) is 33.0. The Bertz CT molecular complexity index is 221. The van der Waals surface area contributed by atoms with Gasteiger partial charge in [-0.1, -0.05) is 6.42 Å². The lowest BCUT2D eigenvalue weighted by Crippen LogP contribution is -2.51. The van der Waals surface area contributed by atoms with Crippen LogP contribution in [0.5, 0.6) is 0 Å². The van der Waals surface area contributed by atoms with Gasteiger partial charge in [-0.05, 0) is 59.5 Å². The molecule has 0 aromatic heterocycles. The molecular weight excluding hydrogens is 186 g/mol. The second-order valence-corrected chi connectivity index (χ2v) is 6.17. The third-order valence-electron chi connectivity index (χ3n) is 3.84. The van der Waals surface area contributed by atoms with Crippen molar-refractivity contribution >= 4 is 0 Å². The molecule has 2 heteroatoms. The first kappa shape index (κ1) is 11.4. The standard InChI is InChI=1S/C13H25NO/c1-12(2,3)15-11-13-7-4-5-9-14(13)10-6-8-13/h4-11H2,1-3H3. The zero-order chi connectivity index (χ0) is 10.9. The molecule has 15 heavy (non-hydrogen) atoms. The number of rotatable bonds is 2. The van der Waals surface area contributed by atoms with Gasteiger partial charge >= 0.3 is 0 Å². The van der Waals surface area contributed by atoms with Gasteiger partial charge in [0.25, 0.3) is 0 Å². The van der Waals surface area contributed by atoms with E-state index in [0.717, 1.165) is 6.61 Å². The average molecular weight is 211 g/mol. The summed E-state index contributed by atoms with van der Waals surface area (Å²) >= 11 is 0. The monoisotopic (exact) mass is 211 g/mol. The van der Waals surface area contributed by atoms with E-state index in [1.165, 1.54) is 45.2 Å². The van der Waals surface area contributed by atoms with Crippen molar-refractivity contribution in [2.24, 2.45) is 0 Å². The molecule has 1 atom stereocenters. The van der Waals surface area contributed by atoms with E-state index in [1.54, 1.807) is 0 Å². The Kier molecular flexibility index (Phi) is 3.09. The predicted molar refractivity (Wildman–Crippen MR) is 63.1 cm³/mol. The molecule has 2 saturated heterocycles. The lowest BCUT2D eigenvalue weighted by molar-refractivity contribution is -0.0726. The molecular formula is C13H25NO. The highest BCUT2D eigenvalue weighted by atomic mass is 16.5.